The minimum absolute atomic E-state index is 0.00564. The van der Waals surface area contributed by atoms with Gasteiger partial charge in [0.25, 0.3) is 5.91 Å². The molecule has 1 unspecified atom stereocenters. The number of likely N-dealkylation sites (N-methyl/N-ethyl adjacent to an activating group) is 1. The second kappa shape index (κ2) is 9.17. The molecular formula is C26H26N6O3. The first-order valence-corrected chi connectivity index (χ1v) is 11.5. The van der Waals surface area contributed by atoms with Crippen molar-refractivity contribution in [2.24, 2.45) is 0 Å². The van der Waals surface area contributed by atoms with Gasteiger partial charge in [0.15, 0.2) is 0 Å². The van der Waals surface area contributed by atoms with Crippen molar-refractivity contribution in [1.29, 1.82) is 0 Å². The Morgan fingerprint density at radius 2 is 1.91 bits per heavy atom. The zero-order valence-corrected chi connectivity index (χ0v) is 19.6. The van der Waals surface area contributed by atoms with Gasteiger partial charge in [-0.15, -0.1) is 0 Å². The van der Waals surface area contributed by atoms with E-state index >= 15 is 0 Å². The van der Waals surface area contributed by atoms with Gasteiger partial charge in [-0.25, -0.2) is 9.97 Å². The first-order valence-electron chi connectivity index (χ1n) is 11.5. The summed E-state index contributed by atoms with van der Waals surface area (Å²) in [5.41, 5.74) is 4.37. The van der Waals surface area contributed by atoms with Crippen molar-refractivity contribution in [2.75, 3.05) is 30.8 Å². The standard InChI is InChI=1S/C26H26N6O3/c1-16(33)31(2)20-11-12-32(15-20)25(35)17-7-9-19(10-8-17)28-26-27-14-18-13-23(34)29-22-6-4-3-5-21(22)24(18)30-26/h3-10,14,20H,11-13,15H2,1-2H3,(H,29,34)(H,27,28,30). The summed E-state index contributed by atoms with van der Waals surface area (Å²) in [7, 11) is 1.78. The molecule has 1 atom stereocenters. The molecule has 1 fully saturated rings. The number of carbonyl (C=O) groups excluding carboxylic acids is 3. The van der Waals surface area contributed by atoms with Gasteiger partial charge in [-0.2, -0.15) is 0 Å². The number of hydrogen-bond donors (Lipinski definition) is 2. The first kappa shape index (κ1) is 22.5. The van der Waals surface area contributed by atoms with Gasteiger partial charge in [-0.1, -0.05) is 18.2 Å². The lowest BCUT2D eigenvalue weighted by Gasteiger charge is -2.23. The third kappa shape index (κ3) is 4.57. The van der Waals surface area contributed by atoms with Crippen molar-refractivity contribution >= 4 is 35.0 Å². The Morgan fingerprint density at radius 1 is 1.14 bits per heavy atom. The van der Waals surface area contributed by atoms with Crippen LogP contribution in [0, 0.1) is 0 Å². The van der Waals surface area contributed by atoms with Crippen LogP contribution in [0.4, 0.5) is 17.3 Å². The van der Waals surface area contributed by atoms with E-state index in [0.717, 1.165) is 28.9 Å². The van der Waals surface area contributed by atoms with E-state index in [1.165, 1.54) is 0 Å². The number of amides is 3. The van der Waals surface area contributed by atoms with Gasteiger partial charge in [0.1, 0.15) is 0 Å². The van der Waals surface area contributed by atoms with E-state index in [0.29, 0.717) is 30.3 Å². The normalized spacial score (nSPS) is 16.6. The highest BCUT2D eigenvalue weighted by atomic mass is 16.2. The summed E-state index contributed by atoms with van der Waals surface area (Å²) in [5, 5.41) is 6.10. The minimum atomic E-state index is -0.0990. The number of benzene rings is 2. The van der Waals surface area contributed by atoms with E-state index in [4.69, 9.17) is 0 Å². The van der Waals surface area contributed by atoms with Crippen LogP contribution < -0.4 is 10.6 Å². The van der Waals surface area contributed by atoms with Crippen LogP contribution in [0.15, 0.2) is 54.7 Å². The Kier molecular flexibility index (Phi) is 5.90. The number of anilines is 3. The van der Waals surface area contributed by atoms with Gasteiger partial charge < -0.3 is 20.4 Å². The van der Waals surface area contributed by atoms with Crippen LogP contribution in [0.25, 0.3) is 11.3 Å². The molecule has 2 aromatic carbocycles. The number of likely N-dealkylation sites (tertiary alicyclic amines) is 1. The highest BCUT2D eigenvalue weighted by molar-refractivity contribution is 6.00. The van der Waals surface area contributed by atoms with Crippen molar-refractivity contribution in [2.45, 2.75) is 25.8 Å². The van der Waals surface area contributed by atoms with Crippen molar-refractivity contribution < 1.29 is 14.4 Å². The van der Waals surface area contributed by atoms with E-state index < -0.39 is 0 Å². The number of carbonyl (C=O) groups is 3. The number of rotatable bonds is 4. The number of nitrogens with one attached hydrogen (secondary N) is 2. The van der Waals surface area contributed by atoms with Crippen molar-refractivity contribution in [1.82, 2.24) is 19.8 Å². The number of fused-ring (bicyclic) bond motifs is 3. The summed E-state index contributed by atoms with van der Waals surface area (Å²) < 4.78 is 0. The molecule has 0 radical (unpaired) electrons. The molecule has 1 aromatic heterocycles. The molecule has 1 saturated heterocycles. The third-order valence-electron chi connectivity index (χ3n) is 6.55. The summed E-state index contributed by atoms with van der Waals surface area (Å²) in [4.78, 5) is 49.3. The number of nitrogens with zero attached hydrogens (tertiary/aromatic N) is 4. The van der Waals surface area contributed by atoms with Crippen molar-refractivity contribution in [3.63, 3.8) is 0 Å². The van der Waals surface area contributed by atoms with E-state index in [-0.39, 0.29) is 30.2 Å². The van der Waals surface area contributed by atoms with Crippen LogP contribution in [-0.2, 0) is 16.0 Å². The zero-order valence-electron chi connectivity index (χ0n) is 19.6. The maximum absolute atomic E-state index is 12.9. The lowest BCUT2D eigenvalue weighted by atomic mass is 10.1. The van der Waals surface area contributed by atoms with E-state index in [9.17, 15) is 14.4 Å². The number of para-hydroxylation sites is 1. The summed E-state index contributed by atoms with van der Waals surface area (Å²) in [5.74, 6) is 0.261. The minimum Gasteiger partial charge on any atom is -0.341 e. The second-order valence-corrected chi connectivity index (χ2v) is 8.86. The molecule has 9 nitrogen and oxygen atoms in total. The van der Waals surface area contributed by atoms with Gasteiger partial charge >= 0.3 is 0 Å². The molecule has 0 spiro atoms. The zero-order chi connectivity index (χ0) is 24.5. The van der Waals surface area contributed by atoms with Crippen molar-refractivity contribution in [3.8, 4) is 11.3 Å². The Hall–Kier alpha value is -4.27. The maximum Gasteiger partial charge on any atom is 0.253 e. The molecule has 2 aliphatic heterocycles. The summed E-state index contributed by atoms with van der Waals surface area (Å²) in [6.45, 7) is 2.71. The highest BCUT2D eigenvalue weighted by Gasteiger charge is 2.30. The lowest BCUT2D eigenvalue weighted by molar-refractivity contribution is -0.129. The molecule has 2 aliphatic rings. The Labute approximate surface area is 203 Å². The molecule has 3 amide bonds. The molecule has 2 N–H and O–H groups in total. The van der Waals surface area contributed by atoms with Crippen LogP contribution in [0.2, 0.25) is 0 Å². The van der Waals surface area contributed by atoms with Crippen LogP contribution in [0.5, 0.6) is 0 Å². The quantitative estimate of drug-likeness (QED) is 0.607. The van der Waals surface area contributed by atoms with Gasteiger partial charge in [0.2, 0.25) is 17.8 Å². The summed E-state index contributed by atoms with van der Waals surface area (Å²) in [6.07, 6.45) is 2.66. The van der Waals surface area contributed by atoms with Gasteiger partial charge in [-0.3, -0.25) is 14.4 Å². The van der Waals surface area contributed by atoms with Gasteiger partial charge in [0, 0.05) is 55.6 Å². The van der Waals surface area contributed by atoms with Crippen LogP contribution in [-0.4, -0.2) is 63.7 Å². The topological polar surface area (TPSA) is 108 Å². The van der Waals surface area contributed by atoms with E-state index in [1.54, 1.807) is 42.1 Å². The molecule has 3 aromatic rings. The molecule has 178 valence electrons. The predicted molar refractivity (Wildman–Crippen MR) is 132 cm³/mol. The molecule has 0 aliphatic carbocycles. The fraction of sp³-hybridized carbons (Fsp3) is 0.269. The van der Waals surface area contributed by atoms with Crippen LogP contribution >= 0.6 is 0 Å². The number of aromatic nitrogens is 2. The fourth-order valence-corrected chi connectivity index (χ4v) is 4.50. The Balaban J connectivity index is 1.31. The largest absolute Gasteiger partial charge is 0.341 e. The fourth-order valence-electron chi connectivity index (χ4n) is 4.50. The molecule has 0 bridgehead atoms. The Bertz CT molecular complexity index is 1310. The lowest BCUT2D eigenvalue weighted by Crippen LogP contribution is -2.38. The van der Waals surface area contributed by atoms with Gasteiger partial charge in [0.05, 0.1) is 23.8 Å². The monoisotopic (exact) mass is 470 g/mol. The van der Waals surface area contributed by atoms with E-state index in [2.05, 4.69) is 20.6 Å². The average Bonchev–Trinajstić information content (AvgIpc) is 3.30. The van der Waals surface area contributed by atoms with Crippen LogP contribution in [0.1, 0.15) is 29.3 Å². The predicted octanol–water partition coefficient (Wildman–Crippen LogP) is 3.07. The molecule has 5 rings (SSSR count). The Morgan fingerprint density at radius 3 is 2.69 bits per heavy atom. The molecule has 9 heteroatoms. The maximum atomic E-state index is 12.9. The number of hydrogen-bond acceptors (Lipinski definition) is 6. The highest BCUT2D eigenvalue weighted by Crippen LogP contribution is 2.32. The van der Waals surface area contributed by atoms with Crippen LogP contribution in [0.3, 0.4) is 0 Å². The summed E-state index contributed by atoms with van der Waals surface area (Å²) >= 11 is 0. The molecular weight excluding hydrogens is 444 g/mol. The second-order valence-electron chi connectivity index (χ2n) is 8.86. The molecule has 3 heterocycles. The van der Waals surface area contributed by atoms with Crippen molar-refractivity contribution in [3.05, 3.63) is 65.9 Å². The van der Waals surface area contributed by atoms with Gasteiger partial charge in [-0.05, 0) is 36.8 Å². The smallest absolute Gasteiger partial charge is 0.253 e. The third-order valence-corrected chi connectivity index (χ3v) is 6.55. The molecule has 35 heavy (non-hydrogen) atoms. The average molecular weight is 471 g/mol. The SMILES string of the molecule is CC(=O)N(C)C1CCN(C(=O)c2ccc(Nc3ncc4c(n3)-c3ccccc3NC(=O)C4)cc2)C1. The van der Waals surface area contributed by atoms with E-state index in [1.807, 2.05) is 36.4 Å². The molecule has 0 saturated carbocycles. The first-order chi connectivity index (χ1) is 16.9. The summed E-state index contributed by atoms with van der Waals surface area (Å²) in [6, 6.07) is 14.8.